The van der Waals surface area contributed by atoms with Crippen LogP contribution in [0.2, 0.25) is 24.2 Å². The van der Waals surface area contributed by atoms with Gasteiger partial charge in [-0.3, -0.25) is 0 Å². The van der Waals surface area contributed by atoms with E-state index in [1.807, 2.05) is 0 Å². The van der Waals surface area contributed by atoms with Crippen molar-refractivity contribution in [3.63, 3.8) is 0 Å². The second-order valence-corrected chi connectivity index (χ2v) is 19.9. The first-order valence-corrected chi connectivity index (χ1v) is 18.7. The summed E-state index contributed by atoms with van der Waals surface area (Å²) in [5.74, 6) is 0. The molecule has 0 aliphatic heterocycles. The van der Waals surface area contributed by atoms with Crippen LogP contribution in [-0.2, 0) is 0 Å². The van der Waals surface area contributed by atoms with Gasteiger partial charge in [-0.1, -0.05) is 155 Å². The van der Waals surface area contributed by atoms with E-state index in [1.54, 1.807) is 49.9 Å². The molecule has 0 aromatic heterocycles. The average molecular weight is 399 g/mol. The maximum atomic E-state index is 2.36. The molecule has 0 aromatic carbocycles. The summed E-state index contributed by atoms with van der Waals surface area (Å²) in [4.78, 5) is 0. The van der Waals surface area contributed by atoms with Crippen LogP contribution in [0.4, 0.5) is 0 Å². The molecule has 0 amide bonds. The van der Waals surface area contributed by atoms with Gasteiger partial charge in [0.05, 0.1) is 0 Å². The first-order chi connectivity index (χ1) is 12.8. The molecule has 0 aliphatic rings. The molecule has 0 atom stereocenters. The fraction of sp³-hybridized carbons (Fsp3) is 1.00. The van der Waals surface area contributed by atoms with E-state index in [0.29, 0.717) is 0 Å². The lowest BCUT2D eigenvalue weighted by Gasteiger charge is -2.25. The largest absolute Gasteiger partial charge is 0.0654 e. The van der Waals surface area contributed by atoms with Gasteiger partial charge in [0.2, 0.25) is 0 Å². The maximum Gasteiger partial charge on any atom is 0.0280 e. The van der Waals surface area contributed by atoms with Crippen LogP contribution in [0, 0.1) is 0 Å². The van der Waals surface area contributed by atoms with E-state index in [-0.39, 0.29) is 0 Å². The first kappa shape index (κ1) is 26.4. The molecular weight excluding hydrogens is 344 g/mol. The second-order valence-electron chi connectivity index (χ2n) is 8.92. The molecule has 158 valence electrons. The summed E-state index contributed by atoms with van der Waals surface area (Å²) < 4.78 is 0. The third-order valence-electron chi connectivity index (χ3n) is 6.38. The van der Waals surface area contributed by atoms with Crippen molar-refractivity contribution in [2.45, 2.75) is 155 Å². The molecule has 0 aromatic rings. The fourth-order valence-corrected chi connectivity index (χ4v) is 18.8. The molecule has 0 rings (SSSR count). The number of hydrogen-bond acceptors (Lipinski definition) is 0. The van der Waals surface area contributed by atoms with E-state index in [2.05, 4.69) is 27.7 Å². The summed E-state index contributed by atoms with van der Waals surface area (Å²) in [5.41, 5.74) is 0. The van der Waals surface area contributed by atoms with Gasteiger partial charge in [-0.25, -0.2) is 0 Å². The molecule has 0 unspecified atom stereocenters. The smallest absolute Gasteiger partial charge is 0.0280 e. The van der Waals surface area contributed by atoms with Crippen molar-refractivity contribution in [2.24, 2.45) is 0 Å². The highest BCUT2D eigenvalue weighted by Crippen LogP contribution is 2.23. The zero-order chi connectivity index (χ0) is 19.3. The third kappa shape index (κ3) is 16.6. The Bertz CT molecular complexity index is 205. The molecule has 0 spiro atoms. The minimum atomic E-state index is -0.398. The van der Waals surface area contributed by atoms with E-state index in [9.17, 15) is 0 Å². The van der Waals surface area contributed by atoms with Crippen molar-refractivity contribution < 1.29 is 0 Å². The Hall–Kier alpha value is 0.434. The second kappa shape index (κ2) is 21.7. The summed E-state index contributed by atoms with van der Waals surface area (Å²) in [7, 11) is -0.796. The predicted octanol–water partition coefficient (Wildman–Crippen LogP) is 8.84. The number of rotatable bonds is 21. The highest BCUT2D eigenvalue weighted by Gasteiger charge is 2.23. The van der Waals surface area contributed by atoms with Gasteiger partial charge in [0.25, 0.3) is 0 Å². The van der Waals surface area contributed by atoms with Crippen LogP contribution >= 0.6 is 0 Å². The van der Waals surface area contributed by atoms with Gasteiger partial charge in [-0.05, 0) is 0 Å². The lowest BCUT2D eigenvalue weighted by Crippen LogP contribution is -2.35. The van der Waals surface area contributed by atoms with Gasteiger partial charge >= 0.3 is 0 Å². The van der Waals surface area contributed by atoms with Gasteiger partial charge in [0.15, 0.2) is 0 Å². The molecule has 0 saturated heterocycles. The van der Waals surface area contributed by atoms with Crippen LogP contribution in [-0.4, -0.2) is 16.6 Å². The van der Waals surface area contributed by atoms with Crippen LogP contribution < -0.4 is 0 Å². The normalized spacial score (nSPS) is 11.8. The van der Waals surface area contributed by atoms with Crippen molar-refractivity contribution in [3.05, 3.63) is 0 Å². The Morgan fingerprint density at radius 2 is 0.538 bits per heavy atom. The van der Waals surface area contributed by atoms with E-state index in [0.717, 1.165) is 0 Å². The minimum Gasteiger partial charge on any atom is -0.0654 e. The Balaban J connectivity index is 4.52. The summed E-state index contributed by atoms with van der Waals surface area (Å²) in [6.07, 6.45) is 24.0. The van der Waals surface area contributed by atoms with E-state index >= 15 is 0 Å². The SMILES string of the molecule is CCCCCC[SiH](CCCCCC)[SiH](CCCCCC)CCCCCC. The Labute approximate surface area is 171 Å². The third-order valence-corrected chi connectivity index (χ3v) is 20.3. The first-order valence-electron chi connectivity index (χ1n) is 12.8. The standard InChI is InChI=1S/C24H54Si2/c1-5-9-13-17-21-25(22-18-14-10-6-2)26(23-19-15-11-7-3)24-20-16-12-8-4/h25-26H,5-24H2,1-4H3. The molecule has 0 fully saturated rings. The van der Waals surface area contributed by atoms with Gasteiger partial charge in [-0.15, -0.1) is 0 Å². The van der Waals surface area contributed by atoms with Gasteiger partial charge in [0.1, 0.15) is 0 Å². The van der Waals surface area contributed by atoms with Crippen LogP contribution in [0.5, 0.6) is 0 Å². The summed E-state index contributed by atoms with van der Waals surface area (Å²) >= 11 is 0. The maximum absolute atomic E-state index is 2.36. The fourth-order valence-electron chi connectivity index (χ4n) is 4.56. The molecule has 0 heterocycles. The quantitative estimate of drug-likeness (QED) is 0.134. The van der Waals surface area contributed by atoms with Crippen molar-refractivity contribution >= 4 is 16.6 Å². The minimum absolute atomic E-state index is 0.398. The number of unbranched alkanes of at least 4 members (excludes halogenated alkanes) is 12. The van der Waals surface area contributed by atoms with Crippen molar-refractivity contribution in [2.75, 3.05) is 0 Å². The Morgan fingerprint density at radius 3 is 0.731 bits per heavy atom. The zero-order valence-corrected chi connectivity index (χ0v) is 21.6. The van der Waals surface area contributed by atoms with Crippen LogP contribution in [0.15, 0.2) is 0 Å². The van der Waals surface area contributed by atoms with Gasteiger partial charge < -0.3 is 0 Å². The highest BCUT2D eigenvalue weighted by atomic mass is 29.2. The van der Waals surface area contributed by atoms with E-state index in [4.69, 9.17) is 0 Å². The number of hydrogen-bond donors (Lipinski definition) is 0. The van der Waals surface area contributed by atoms with Crippen LogP contribution in [0.1, 0.15) is 130 Å². The molecule has 2 heteroatoms. The molecule has 26 heavy (non-hydrogen) atoms. The molecule has 0 N–H and O–H groups in total. The summed E-state index contributed by atoms with van der Waals surface area (Å²) in [5, 5.41) is 0. The lowest BCUT2D eigenvalue weighted by molar-refractivity contribution is 0.681. The van der Waals surface area contributed by atoms with Gasteiger partial charge in [0, 0.05) is 16.6 Å². The Kier molecular flexibility index (Phi) is 22.1. The van der Waals surface area contributed by atoms with Crippen molar-refractivity contribution in [1.82, 2.24) is 0 Å². The molecule has 0 bridgehead atoms. The van der Waals surface area contributed by atoms with Crippen molar-refractivity contribution in [1.29, 1.82) is 0 Å². The molecule has 0 saturated carbocycles. The highest BCUT2D eigenvalue weighted by molar-refractivity contribution is 7.22. The molecule has 0 aliphatic carbocycles. The lowest BCUT2D eigenvalue weighted by atomic mass is 10.2. The molecular formula is C24H54Si2. The average Bonchev–Trinajstić information content (AvgIpc) is 2.66. The van der Waals surface area contributed by atoms with Gasteiger partial charge in [-0.2, -0.15) is 0 Å². The molecule has 0 nitrogen and oxygen atoms in total. The monoisotopic (exact) mass is 398 g/mol. The zero-order valence-electron chi connectivity index (χ0n) is 19.3. The van der Waals surface area contributed by atoms with E-state index < -0.39 is 16.6 Å². The summed E-state index contributed by atoms with van der Waals surface area (Å²) in [6.45, 7) is 9.44. The van der Waals surface area contributed by atoms with E-state index in [1.165, 1.54) is 77.0 Å². The van der Waals surface area contributed by atoms with Crippen LogP contribution in [0.3, 0.4) is 0 Å². The van der Waals surface area contributed by atoms with Crippen LogP contribution in [0.25, 0.3) is 0 Å². The molecule has 0 radical (unpaired) electrons. The topological polar surface area (TPSA) is 0 Å². The van der Waals surface area contributed by atoms with Crippen molar-refractivity contribution in [3.8, 4) is 0 Å². The predicted molar refractivity (Wildman–Crippen MR) is 130 cm³/mol. The summed E-state index contributed by atoms with van der Waals surface area (Å²) in [6, 6.07) is 6.91. The Morgan fingerprint density at radius 1 is 0.308 bits per heavy atom.